The van der Waals surface area contributed by atoms with Gasteiger partial charge >= 0.3 is 0 Å². The molecule has 9 heteroatoms. The highest BCUT2D eigenvalue weighted by molar-refractivity contribution is 6.05. The number of aromatic nitrogens is 5. The molecule has 2 amide bonds. The fourth-order valence-corrected chi connectivity index (χ4v) is 4.66. The van der Waals surface area contributed by atoms with E-state index in [0.717, 1.165) is 16.8 Å². The van der Waals surface area contributed by atoms with Crippen LogP contribution in [0.2, 0.25) is 0 Å². The van der Waals surface area contributed by atoms with Crippen LogP contribution in [-0.2, 0) is 10.2 Å². The number of nitrogens with one attached hydrogen (secondary N) is 1. The normalized spacial score (nSPS) is 16.1. The van der Waals surface area contributed by atoms with Gasteiger partial charge in [0.15, 0.2) is 5.65 Å². The number of H-pyrrole nitrogens is 1. The number of anilines is 1. The number of fused-ring (bicyclic) bond motifs is 1. The number of carbonyl (C=O) groups excluding carboxylic acids is 2. The zero-order valence-electron chi connectivity index (χ0n) is 21.5. The number of piperazine rings is 1. The average molecular weight is 486 g/mol. The maximum Gasteiger partial charge on any atom is 0.275 e. The van der Waals surface area contributed by atoms with E-state index in [2.05, 4.69) is 56.1 Å². The van der Waals surface area contributed by atoms with E-state index in [0.29, 0.717) is 24.4 Å². The van der Waals surface area contributed by atoms with Crippen LogP contribution >= 0.6 is 0 Å². The van der Waals surface area contributed by atoms with Gasteiger partial charge < -0.3 is 9.80 Å². The number of hydrogen-bond acceptors (Lipinski definition) is 5. The Labute approximate surface area is 210 Å². The highest BCUT2D eigenvalue weighted by atomic mass is 16.2. The van der Waals surface area contributed by atoms with Gasteiger partial charge in [0.2, 0.25) is 0 Å². The van der Waals surface area contributed by atoms with Crippen molar-refractivity contribution in [3.05, 3.63) is 65.7 Å². The molecule has 36 heavy (non-hydrogen) atoms. The predicted octanol–water partition coefficient (Wildman–Crippen LogP) is 3.99. The van der Waals surface area contributed by atoms with E-state index in [1.165, 1.54) is 5.56 Å². The van der Waals surface area contributed by atoms with E-state index < -0.39 is 5.54 Å². The van der Waals surface area contributed by atoms with Gasteiger partial charge in [-0.05, 0) is 32.3 Å². The van der Waals surface area contributed by atoms with Gasteiger partial charge in [-0.3, -0.25) is 14.7 Å². The number of benzene rings is 1. The molecule has 1 aromatic carbocycles. The number of nitrogens with zero attached hydrogens (tertiary/aromatic N) is 6. The molecule has 0 radical (unpaired) electrons. The summed E-state index contributed by atoms with van der Waals surface area (Å²) >= 11 is 0. The Balaban J connectivity index is 1.53. The third-order valence-corrected chi connectivity index (χ3v) is 6.83. The quantitative estimate of drug-likeness (QED) is 0.473. The summed E-state index contributed by atoms with van der Waals surface area (Å²) in [7, 11) is 0. The number of hydrogen-bond donors (Lipinski definition) is 1. The number of carbonyl (C=O) groups is 2. The Bertz CT molecular complexity index is 1440. The molecule has 1 N–H and O–H groups in total. The van der Waals surface area contributed by atoms with Crippen LogP contribution in [0.25, 0.3) is 16.9 Å². The molecule has 186 valence electrons. The van der Waals surface area contributed by atoms with E-state index in [1.54, 1.807) is 46.8 Å². The standard InChI is InChI=1S/C27H31N7O2/c1-17-7-9-18(10-8-17)21-13-20(26(2,3)4)23-30-22(16-34(23)31-21)24(35)33-12-11-32(19-14-28-29-15-19)25(36)27(33,5)6/h7-10,13-16H,11-12H2,1-6H3,(H,28,29). The van der Waals surface area contributed by atoms with Crippen LogP contribution in [-0.4, -0.2) is 60.1 Å². The zero-order valence-corrected chi connectivity index (χ0v) is 21.5. The van der Waals surface area contributed by atoms with Gasteiger partial charge in [-0.25, -0.2) is 9.50 Å². The Kier molecular flexibility index (Phi) is 5.46. The molecule has 1 fully saturated rings. The Hall–Kier alpha value is -4.01. The summed E-state index contributed by atoms with van der Waals surface area (Å²) in [5.41, 5.74) is 4.31. The van der Waals surface area contributed by atoms with Crippen LogP contribution in [0.15, 0.2) is 48.9 Å². The van der Waals surface area contributed by atoms with E-state index in [1.807, 2.05) is 12.1 Å². The molecule has 0 aliphatic carbocycles. The molecule has 0 spiro atoms. The van der Waals surface area contributed by atoms with Gasteiger partial charge in [0, 0.05) is 30.4 Å². The lowest BCUT2D eigenvalue weighted by Crippen LogP contribution is -2.64. The molecule has 0 saturated carbocycles. The molecule has 0 bridgehead atoms. The molecule has 1 saturated heterocycles. The molecule has 4 heterocycles. The summed E-state index contributed by atoms with van der Waals surface area (Å²) in [4.78, 5) is 35.0. The topological polar surface area (TPSA) is 99.5 Å². The van der Waals surface area contributed by atoms with Gasteiger partial charge in [-0.1, -0.05) is 50.6 Å². The summed E-state index contributed by atoms with van der Waals surface area (Å²) in [5, 5.41) is 11.5. The zero-order chi connectivity index (χ0) is 25.8. The maximum absolute atomic E-state index is 13.7. The highest BCUT2D eigenvalue weighted by Gasteiger charge is 2.45. The molecule has 4 aromatic rings. The van der Waals surface area contributed by atoms with Gasteiger partial charge in [0.25, 0.3) is 11.8 Å². The lowest BCUT2D eigenvalue weighted by Gasteiger charge is -2.45. The van der Waals surface area contributed by atoms with Crippen LogP contribution in [0.4, 0.5) is 5.69 Å². The van der Waals surface area contributed by atoms with Crippen molar-refractivity contribution in [3.63, 3.8) is 0 Å². The van der Waals surface area contributed by atoms with Crippen molar-refractivity contribution in [2.75, 3.05) is 18.0 Å². The monoisotopic (exact) mass is 485 g/mol. The minimum absolute atomic E-state index is 0.164. The number of aromatic amines is 1. The summed E-state index contributed by atoms with van der Waals surface area (Å²) < 4.78 is 1.69. The van der Waals surface area contributed by atoms with Crippen LogP contribution in [0.5, 0.6) is 0 Å². The van der Waals surface area contributed by atoms with Crippen LogP contribution in [0, 0.1) is 6.92 Å². The third kappa shape index (κ3) is 3.94. The number of aryl methyl sites for hydroxylation is 1. The van der Waals surface area contributed by atoms with Crippen molar-refractivity contribution < 1.29 is 9.59 Å². The van der Waals surface area contributed by atoms with Gasteiger partial charge in [-0.15, -0.1) is 0 Å². The molecule has 5 rings (SSSR count). The van der Waals surface area contributed by atoms with Crippen molar-refractivity contribution >= 4 is 23.1 Å². The minimum Gasteiger partial charge on any atom is -0.321 e. The number of imidazole rings is 1. The first-order valence-corrected chi connectivity index (χ1v) is 12.1. The Morgan fingerprint density at radius 3 is 2.47 bits per heavy atom. The predicted molar refractivity (Wildman–Crippen MR) is 138 cm³/mol. The van der Waals surface area contributed by atoms with Crippen molar-refractivity contribution in [3.8, 4) is 11.3 Å². The second kappa shape index (κ2) is 8.29. The van der Waals surface area contributed by atoms with Crippen molar-refractivity contribution in [2.45, 2.75) is 52.5 Å². The van der Waals surface area contributed by atoms with Crippen LogP contribution in [0.1, 0.15) is 56.2 Å². The van der Waals surface area contributed by atoms with E-state index >= 15 is 0 Å². The van der Waals surface area contributed by atoms with Gasteiger partial charge in [-0.2, -0.15) is 10.2 Å². The summed E-state index contributed by atoms with van der Waals surface area (Å²) in [6, 6.07) is 10.3. The largest absolute Gasteiger partial charge is 0.321 e. The lowest BCUT2D eigenvalue weighted by atomic mass is 9.87. The SMILES string of the molecule is Cc1ccc(-c2cc(C(C)(C)C)c3nc(C(=O)N4CCN(c5cn[nH]c5)C(=O)C4(C)C)cn3n2)cc1. The van der Waals surface area contributed by atoms with E-state index in [-0.39, 0.29) is 22.9 Å². The minimum atomic E-state index is -1.05. The first kappa shape index (κ1) is 23.7. The molecular formula is C27H31N7O2. The molecule has 0 atom stereocenters. The second-order valence-electron chi connectivity index (χ2n) is 10.9. The van der Waals surface area contributed by atoms with Crippen LogP contribution in [0.3, 0.4) is 0 Å². The Morgan fingerprint density at radius 1 is 1.11 bits per heavy atom. The third-order valence-electron chi connectivity index (χ3n) is 6.83. The smallest absolute Gasteiger partial charge is 0.275 e. The van der Waals surface area contributed by atoms with E-state index in [4.69, 9.17) is 10.1 Å². The molecule has 9 nitrogen and oxygen atoms in total. The number of rotatable bonds is 3. The van der Waals surface area contributed by atoms with Gasteiger partial charge in [0.1, 0.15) is 11.2 Å². The molecule has 1 aliphatic heterocycles. The first-order valence-electron chi connectivity index (χ1n) is 12.1. The molecular weight excluding hydrogens is 454 g/mol. The van der Waals surface area contributed by atoms with Crippen molar-refractivity contribution in [2.24, 2.45) is 0 Å². The lowest BCUT2D eigenvalue weighted by molar-refractivity contribution is -0.129. The fourth-order valence-electron chi connectivity index (χ4n) is 4.66. The second-order valence-corrected chi connectivity index (χ2v) is 10.9. The summed E-state index contributed by atoms with van der Waals surface area (Å²) in [5.74, 6) is -0.454. The Morgan fingerprint density at radius 2 is 1.83 bits per heavy atom. The van der Waals surface area contributed by atoms with E-state index in [9.17, 15) is 9.59 Å². The summed E-state index contributed by atoms with van der Waals surface area (Å²) in [6.07, 6.45) is 4.96. The summed E-state index contributed by atoms with van der Waals surface area (Å²) in [6.45, 7) is 12.7. The van der Waals surface area contributed by atoms with Crippen molar-refractivity contribution in [1.29, 1.82) is 0 Å². The number of amides is 2. The fraction of sp³-hybridized carbons (Fsp3) is 0.370. The molecule has 0 unspecified atom stereocenters. The van der Waals surface area contributed by atoms with Gasteiger partial charge in [0.05, 0.1) is 23.8 Å². The molecule has 3 aromatic heterocycles. The maximum atomic E-state index is 13.7. The molecule has 1 aliphatic rings. The first-order chi connectivity index (χ1) is 17.0. The van der Waals surface area contributed by atoms with Crippen LogP contribution < -0.4 is 4.90 Å². The van der Waals surface area contributed by atoms with Crippen molar-refractivity contribution in [1.82, 2.24) is 29.7 Å². The average Bonchev–Trinajstić information content (AvgIpc) is 3.49. The highest BCUT2D eigenvalue weighted by Crippen LogP contribution is 2.31.